The molecule has 3 nitrogen and oxygen atoms in total. The summed E-state index contributed by atoms with van der Waals surface area (Å²) in [6.07, 6.45) is 7.92. The van der Waals surface area contributed by atoms with E-state index in [1.54, 1.807) is 11.8 Å². The highest BCUT2D eigenvalue weighted by Gasteiger charge is 2.38. The number of carbonyl (C=O) groups excluding carboxylic acids is 1. The minimum atomic E-state index is -0.202. The summed E-state index contributed by atoms with van der Waals surface area (Å²) in [6, 6.07) is 0.347. The van der Waals surface area contributed by atoms with Gasteiger partial charge in [0.2, 0.25) is 5.91 Å². The summed E-state index contributed by atoms with van der Waals surface area (Å²) >= 11 is 1.79. The van der Waals surface area contributed by atoms with Crippen molar-refractivity contribution in [3.8, 4) is 0 Å². The molecule has 0 bridgehead atoms. The molecule has 3 unspecified atom stereocenters. The first-order chi connectivity index (χ1) is 8.12. The lowest BCUT2D eigenvalue weighted by Gasteiger charge is -2.28. The van der Waals surface area contributed by atoms with E-state index in [-0.39, 0.29) is 22.7 Å². The third-order valence-electron chi connectivity index (χ3n) is 4.09. The third kappa shape index (κ3) is 3.16. The molecule has 1 saturated heterocycles. The van der Waals surface area contributed by atoms with Crippen molar-refractivity contribution < 1.29 is 4.79 Å². The number of carbonyl (C=O) groups is 1. The molecule has 3 atom stereocenters. The summed E-state index contributed by atoms with van der Waals surface area (Å²) in [5.41, 5.74) is 6.15. The molecule has 1 saturated carbocycles. The molecule has 4 heteroatoms. The van der Waals surface area contributed by atoms with Crippen LogP contribution in [0.2, 0.25) is 0 Å². The van der Waals surface area contributed by atoms with Gasteiger partial charge in [0.1, 0.15) is 0 Å². The highest BCUT2D eigenvalue weighted by atomic mass is 32.2. The Hall–Kier alpha value is -0.220. The summed E-state index contributed by atoms with van der Waals surface area (Å²) in [5, 5.41) is 3.21. The molecule has 0 aromatic rings. The van der Waals surface area contributed by atoms with Gasteiger partial charge in [0.15, 0.2) is 0 Å². The van der Waals surface area contributed by atoms with E-state index >= 15 is 0 Å². The number of thioether (sulfide) groups is 1. The number of hydrogen-bond donors (Lipinski definition) is 2. The normalized spacial score (nSPS) is 38.7. The fraction of sp³-hybridized carbons (Fsp3) is 0.923. The van der Waals surface area contributed by atoms with Crippen LogP contribution in [0.1, 0.15) is 51.9 Å². The number of hydrogen-bond acceptors (Lipinski definition) is 3. The van der Waals surface area contributed by atoms with Crippen LogP contribution in [0.15, 0.2) is 0 Å². The van der Waals surface area contributed by atoms with E-state index < -0.39 is 0 Å². The van der Waals surface area contributed by atoms with Gasteiger partial charge in [-0.15, -0.1) is 11.8 Å². The molecule has 1 aliphatic heterocycles. The molecule has 2 aliphatic rings. The average Bonchev–Trinajstić information content (AvgIpc) is 2.65. The van der Waals surface area contributed by atoms with E-state index in [0.29, 0.717) is 0 Å². The highest BCUT2D eigenvalue weighted by molar-refractivity contribution is 8.01. The van der Waals surface area contributed by atoms with Gasteiger partial charge in [0.25, 0.3) is 0 Å². The first kappa shape index (κ1) is 13.2. The largest absolute Gasteiger partial charge is 0.351 e. The zero-order valence-electron chi connectivity index (χ0n) is 10.7. The third-order valence-corrected chi connectivity index (χ3v) is 5.60. The Morgan fingerprint density at radius 3 is 2.76 bits per heavy atom. The molecule has 2 fully saturated rings. The maximum absolute atomic E-state index is 12.3. The molecule has 0 spiro atoms. The van der Waals surface area contributed by atoms with Crippen LogP contribution in [0.25, 0.3) is 0 Å². The second-order valence-electron chi connectivity index (χ2n) is 5.56. The molecule has 1 amide bonds. The molecular weight excluding hydrogens is 232 g/mol. The van der Waals surface area contributed by atoms with Crippen molar-refractivity contribution in [3.05, 3.63) is 0 Å². The van der Waals surface area contributed by atoms with Crippen molar-refractivity contribution in [2.75, 3.05) is 5.75 Å². The van der Waals surface area contributed by atoms with Crippen LogP contribution in [0, 0.1) is 0 Å². The molecule has 1 aliphatic carbocycles. The predicted molar refractivity (Wildman–Crippen MR) is 73.1 cm³/mol. The smallest absolute Gasteiger partial charge is 0.236 e. The van der Waals surface area contributed by atoms with Crippen LogP contribution in [0.3, 0.4) is 0 Å². The quantitative estimate of drug-likeness (QED) is 0.744. The van der Waals surface area contributed by atoms with Gasteiger partial charge in [-0.2, -0.15) is 0 Å². The van der Waals surface area contributed by atoms with Crippen molar-refractivity contribution in [2.45, 2.75) is 68.7 Å². The number of rotatable bonds is 2. The highest BCUT2D eigenvalue weighted by Crippen LogP contribution is 2.38. The second kappa shape index (κ2) is 5.61. The fourth-order valence-corrected chi connectivity index (χ4v) is 4.01. The molecule has 17 heavy (non-hydrogen) atoms. The minimum absolute atomic E-state index is 0.149. The summed E-state index contributed by atoms with van der Waals surface area (Å²) in [6.45, 7) is 2.07. The van der Waals surface area contributed by atoms with Crippen LogP contribution >= 0.6 is 11.8 Å². The van der Waals surface area contributed by atoms with Crippen LogP contribution in [0.5, 0.6) is 0 Å². The van der Waals surface area contributed by atoms with E-state index in [9.17, 15) is 4.79 Å². The Kier molecular flexibility index (Phi) is 4.36. The molecule has 0 aromatic carbocycles. The summed E-state index contributed by atoms with van der Waals surface area (Å²) in [5.74, 6) is 1.32. The van der Waals surface area contributed by atoms with Gasteiger partial charge in [0, 0.05) is 12.1 Å². The van der Waals surface area contributed by atoms with Gasteiger partial charge < -0.3 is 11.1 Å². The van der Waals surface area contributed by atoms with Gasteiger partial charge in [0.05, 0.1) is 4.75 Å². The van der Waals surface area contributed by atoms with E-state index in [2.05, 4.69) is 12.2 Å². The van der Waals surface area contributed by atoms with Gasteiger partial charge >= 0.3 is 0 Å². The van der Waals surface area contributed by atoms with Crippen LogP contribution < -0.4 is 11.1 Å². The minimum Gasteiger partial charge on any atom is -0.351 e. The lowest BCUT2D eigenvalue weighted by atomic mass is 10.0. The average molecular weight is 256 g/mol. The van der Waals surface area contributed by atoms with Crippen LogP contribution in [-0.4, -0.2) is 28.5 Å². The molecule has 0 aromatic heterocycles. The van der Waals surface area contributed by atoms with Crippen molar-refractivity contribution >= 4 is 17.7 Å². The first-order valence-corrected chi connectivity index (χ1v) is 7.81. The lowest BCUT2D eigenvalue weighted by molar-refractivity contribution is -0.124. The Bertz CT molecular complexity index is 277. The lowest BCUT2D eigenvalue weighted by Crippen LogP contribution is -2.52. The van der Waals surface area contributed by atoms with E-state index in [1.165, 1.54) is 19.3 Å². The SMILES string of the molecule is CC1(C(=O)NC2CCCCCC2N)CCCS1. The molecule has 2 rings (SSSR count). The second-order valence-corrected chi connectivity index (χ2v) is 7.16. The number of amides is 1. The Morgan fingerprint density at radius 2 is 2.06 bits per heavy atom. The summed E-state index contributed by atoms with van der Waals surface area (Å²) in [4.78, 5) is 12.3. The van der Waals surface area contributed by atoms with Crippen molar-refractivity contribution in [1.82, 2.24) is 5.32 Å². The number of nitrogens with two attached hydrogens (primary N) is 1. The summed E-state index contributed by atoms with van der Waals surface area (Å²) in [7, 11) is 0. The van der Waals surface area contributed by atoms with Gasteiger partial charge in [-0.3, -0.25) is 4.79 Å². The standard InChI is InChI=1S/C13H24N2OS/c1-13(8-5-9-17-13)12(16)15-11-7-4-2-3-6-10(11)14/h10-11H,2-9,14H2,1H3,(H,15,16). The molecule has 1 heterocycles. The van der Waals surface area contributed by atoms with Crippen molar-refractivity contribution in [2.24, 2.45) is 5.73 Å². The van der Waals surface area contributed by atoms with Crippen LogP contribution in [-0.2, 0) is 4.79 Å². The Labute approximate surface area is 108 Å². The van der Waals surface area contributed by atoms with Crippen molar-refractivity contribution in [3.63, 3.8) is 0 Å². The maximum atomic E-state index is 12.3. The van der Waals surface area contributed by atoms with E-state index in [1.807, 2.05) is 0 Å². The van der Waals surface area contributed by atoms with E-state index in [0.717, 1.165) is 31.4 Å². The summed E-state index contributed by atoms with van der Waals surface area (Å²) < 4.78 is -0.202. The molecule has 3 N–H and O–H groups in total. The van der Waals surface area contributed by atoms with Crippen LogP contribution in [0.4, 0.5) is 0 Å². The fourth-order valence-electron chi connectivity index (χ4n) is 2.79. The van der Waals surface area contributed by atoms with E-state index in [4.69, 9.17) is 5.73 Å². The maximum Gasteiger partial charge on any atom is 0.236 e. The number of nitrogens with one attached hydrogen (secondary N) is 1. The Morgan fingerprint density at radius 1 is 1.29 bits per heavy atom. The van der Waals surface area contributed by atoms with Gasteiger partial charge in [-0.25, -0.2) is 0 Å². The first-order valence-electron chi connectivity index (χ1n) is 6.82. The molecular formula is C13H24N2OS. The molecule has 98 valence electrons. The van der Waals surface area contributed by atoms with Gasteiger partial charge in [-0.05, 0) is 38.4 Å². The topological polar surface area (TPSA) is 55.1 Å². The zero-order valence-corrected chi connectivity index (χ0v) is 11.5. The van der Waals surface area contributed by atoms with Crippen molar-refractivity contribution in [1.29, 1.82) is 0 Å². The Balaban J connectivity index is 1.92. The van der Waals surface area contributed by atoms with Gasteiger partial charge in [-0.1, -0.05) is 19.3 Å². The zero-order chi connectivity index (χ0) is 12.3. The molecule has 0 radical (unpaired) electrons. The predicted octanol–water partition coefficient (Wildman–Crippen LogP) is 2.05. The monoisotopic (exact) mass is 256 g/mol.